The lowest BCUT2D eigenvalue weighted by Gasteiger charge is -2.04. The SMILES string of the molecule is CSc1ccc(-c2cnc(NCC#N)nc2)cc1. The molecule has 0 atom stereocenters. The molecule has 0 unspecified atom stereocenters. The van der Waals surface area contributed by atoms with Crippen LogP contribution in [0.4, 0.5) is 5.95 Å². The Morgan fingerprint density at radius 1 is 1.17 bits per heavy atom. The molecule has 0 fully saturated rings. The van der Waals surface area contributed by atoms with Gasteiger partial charge in [-0.15, -0.1) is 11.8 Å². The molecule has 0 radical (unpaired) electrons. The van der Waals surface area contributed by atoms with Gasteiger partial charge in [-0.1, -0.05) is 12.1 Å². The number of rotatable bonds is 4. The normalized spacial score (nSPS) is 9.78. The quantitative estimate of drug-likeness (QED) is 0.673. The molecule has 18 heavy (non-hydrogen) atoms. The van der Waals surface area contributed by atoms with Gasteiger partial charge in [-0.2, -0.15) is 5.26 Å². The number of nitriles is 1. The van der Waals surface area contributed by atoms with Gasteiger partial charge < -0.3 is 5.32 Å². The number of thioether (sulfide) groups is 1. The Morgan fingerprint density at radius 2 is 1.83 bits per heavy atom. The van der Waals surface area contributed by atoms with Gasteiger partial charge in [0.15, 0.2) is 0 Å². The molecule has 2 aromatic rings. The highest BCUT2D eigenvalue weighted by Crippen LogP contribution is 2.22. The molecule has 1 heterocycles. The van der Waals surface area contributed by atoms with E-state index in [1.807, 2.05) is 24.5 Å². The average molecular weight is 256 g/mol. The van der Waals surface area contributed by atoms with Crippen molar-refractivity contribution in [1.82, 2.24) is 9.97 Å². The first-order valence-corrected chi connectivity index (χ1v) is 6.63. The Balaban J connectivity index is 2.15. The zero-order valence-electron chi connectivity index (χ0n) is 9.92. The van der Waals surface area contributed by atoms with Crippen molar-refractivity contribution in [2.75, 3.05) is 18.1 Å². The van der Waals surface area contributed by atoms with Gasteiger partial charge >= 0.3 is 0 Å². The monoisotopic (exact) mass is 256 g/mol. The molecule has 1 aromatic carbocycles. The topological polar surface area (TPSA) is 61.6 Å². The van der Waals surface area contributed by atoms with E-state index in [-0.39, 0.29) is 6.54 Å². The molecule has 4 nitrogen and oxygen atoms in total. The molecule has 0 spiro atoms. The molecule has 0 aliphatic rings. The van der Waals surface area contributed by atoms with Crippen LogP contribution < -0.4 is 5.32 Å². The third-order valence-electron chi connectivity index (χ3n) is 2.40. The van der Waals surface area contributed by atoms with Crippen molar-refractivity contribution in [1.29, 1.82) is 5.26 Å². The molecule has 2 rings (SSSR count). The molecular formula is C13H12N4S. The Kier molecular flexibility index (Phi) is 4.15. The van der Waals surface area contributed by atoms with Gasteiger partial charge in [-0.25, -0.2) is 9.97 Å². The van der Waals surface area contributed by atoms with Crippen LogP contribution >= 0.6 is 11.8 Å². The summed E-state index contributed by atoms with van der Waals surface area (Å²) in [5.74, 6) is 0.473. The maximum Gasteiger partial charge on any atom is 0.223 e. The number of nitrogens with zero attached hydrogens (tertiary/aromatic N) is 3. The number of hydrogen-bond acceptors (Lipinski definition) is 5. The minimum atomic E-state index is 0.210. The van der Waals surface area contributed by atoms with Gasteiger partial charge in [-0.3, -0.25) is 0 Å². The van der Waals surface area contributed by atoms with Crippen molar-refractivity contribution < 1.29 is 0 Å². The molecule has 0 amide bonds. The number of anilines is 1. The largest absolute Gasteiger partial charge is 0.341 e. The smallest absolute Gasteiger partial charge is 0.223 e. The molecular weight excluding hydrogens is 244 g/mol. The van der Waals surface area contributed by atoms with Crippen molar-refractivity contribution in [2.24, 2.45) is 0 Å². The van der Waals surface area contributed by atoms with Gasteiger partial charge in [0.25, 0.3) is 0 Å². The maximum atomic E-state index is 8.44. The second kappa shape index (κ2) is 6.03. The van der Waals surface area contributed by atoms with Crippen molar-refractivity contribution >= 4 is 17.7 Å². The number of hydrogen-bond donors (Lipinski definition) is 1. The van der Waals surface area contributed by atoms with Crippen LogP contribution in [0.3, 0.4) is 0 Å². The highest BCUT2D eigenvalue weighted by Gasteiger charge is 2.00. The minimum absolute atomic E-state index is 0.210. The Bertz CT molecular complexity index is 543. The van der Waals surface area contributed by atoms with E-state index in [2.05, 4.69) is 27.4 Å². The van der Waals surface area contributed by atoms with Crippen LogP contribution in [0.1, 0.15) is 0 Å². The molecule has 0 saturated heterocycles. The molecule has 5 heteroatoms. The van der Waals surface area contributed by atoms with Gasteiger partial charge in [0.2, 0.25) is 5.95 Å². The summed E-state index contributed by atoms with van der Waals surface area (Å²) in [6.07, 6.45) is 5.55. The summed E-state index contributed by atoms with van der Waals surface area (Å²) in [6, 6.07) is 10.2. The van der Waals surface area contributed by atoms with Gasteiger partial charge in [0.05, 0.1) is 6.07 Å². The van der Waals surface area contributed by atoms with Gasteiger partial charge in [0, 0.05) is 22.9 Å². The molecule has 90 valence electrons. The van der Waals surface area contributed by atoms with E-state index in [1.165, 1.54) is 4.90 Å². The van der Waals surface area contributed by atoms with Crippen molar-refractivity contribution in [3.63, 3.8) is 0 Å². The van der Waals surface area contributed by atoms with E-state index in [0.717, 1.165) is 11.1 Å². The Morgan fingerprint density at radius 3 is 2.39 bits per heavy atom. The van der Waals surface area contributed by atoms with Crippen molar-refractivity contribution in [3.05, 3.63) is 36.7 Å². The lowest BCUT2D eigenvalue weighted by Crippen LogP contribution is -2.02. The third kappa shape index (κ3) is 2.99. The second-order valence-corrected chi connectivity index (χ2v) is 4.42. The zero-order valence-corrected chi connectivity index (χ0v) is 10.7. The first-order chi connectivity index (χ1) is 8.83. The molecule has 0 bridgehead atoms. The standard InChI is InChI=1S/C13H12N4S/c1-18-12-4-2-10(3-5-12)11-8-16-13(17-9-11)15-7-6-14/h2-5,8-9H,7H2,1H3,(H,15,16,17). The van der Waals surface area contributed by atoms with E-state index in [1.54, 1.807) is 24.2 Å². The van der Waals surface area contributed by atoms with E-state index >= 15 is 0 Å². The highest BCUT2D eigenvalue weighted by atomic mass is 32.2. The molecule has 0 aliphatic carbocycles. The first kappa shape index (κ1) is 12.4. The summed E-state index contributed by atoms with van der Waals surface area (Å²) >= 11 is 1.71. The summed E-state index contributed by atoms with van der Waals surface area (Å²) in [6.45, 7) is 0.210. The second-order valence-electron chi connectivity index (χ2n) is 3.54. The van der Waals surface area contributed by atoms with Crippen LogP contribution in [0.2, 0.25) is 0 Å². The van der Waals surface area contributed by atoms with E-state index in [4.69, 9.17) is 5.26 Å². The summed E-state index contributed by atoms with van der Waals surface area (Å²) < 4.78 is 0. The zero-order chi connectivity index (χ0) is 12.8. The van der Waals surface area contributed by atoms with E-state index < -0.39 is 0 Å². The fourth-order valence-electron chi connectivity index (χ4n) is 1.47. The maximum absolute atomic E-state index is 8.44. The highest BCUT2D eigenvalue weighted by molar-refractivity contribution is 7.98. The van der Waals surface area contributed by atoms with Crippen molar-refractivity contribution in [2.45, 2.75) is 4.90 Å². The van der Waals surface area contributed by atoms with Crippen LogP contribution in [-0.4, -0.2) is 22.8 Å². The Hall–Kier alpha value is -2.06. The molecule has 1 aromatic heterocycles. The average Bonchev–Trinajstić information content (AvgIpc) is 2.46. The lowest BCUT2D eigenvalue weighted by atomic mass is 10.1. The van der Waals surface area contributed by atoms with Crippen LogP contribution in [-0.2, 0) is 0 Å². The van der Waals surface area contributed by atoms with Gasteiger partial charge in [-0.05, 0) is 24.0 Å². The van der Waals surface area contributed by atoms with E-state index in [0.29, 0.717) is 5.95 Å². The van der Waals surface area contributed by atoms with E-state index in [9.17, 15) is 0 Å². The van der Waals surface area contributed by atoms with Crippen molar-refractivity contribution in [3.8, 4) is 17.2 Å². The fourth-order valence-corrected chi connectivity index (χ4v) is 1.88. The minimum Gasteiger partial charge on any atom is -0.341 e. The van der Waals surface area contributed by atoms with Gasteiger partial charge in [0.1, 0.15) is 6.54 Å². The predicted molar refractivity (Wildman–Crippen MR) is 73.4 cm³/mol. The summed E-state index contributed by atoms with van der Waals surface area (Å²) in [4.78, 5) is 9.54. The predicted octanol–water partition coefficient (Wildman–Crippen LogP) is 2.80. The first-order valence-electron chi connectivity index (χ1n) is 5.41. The van der Waals surface area contributed by atoms with Crippen LogP contribution in [0.15, 0.2) is 41.6 Å². The lowest BCUT2D eigenvalue weighted by molar-refractivity contribution is 1.12. The van der Waals surface area contributed by atoms with Crippen LogP contribution in [0, 0.1) is 11.3 Å². The molecule has 0 saturated carbocycles. The van der Waals surface area contributed by atoms with Crippen LogP contribution in [0.25, 0.3) is 11.1 Å². The van der Waals surface area contributed by atoms with Crippen LogP contribution in [0.5, 0.6) is 0 Å². The number of aromatic nitrogens is 2. The Labute approximate surface area is 110 Å². The fraction of sp³-hybridized carbons (Fsp3) is 0.154. The summed E-state index contributed by atoms with van der Waals surface area (Å²) in [7, 11) is 0. The molecule has 1 N–H and O–H groups in total. The summed E-state index contributed by atoms with van der Waals surface area (Å²) in [5.41, 5.74) is 2.05. The number of nitrogens with one attached hydrogen (secondary N) is 1. The molecule has 0 aliphatic heterocycles. The number of benzene rings is 1. The third-order valence-corrected chi connectivity index (χ3v) is 3.14. The summed E-state index contributed by atoms with van der Waals surface area (Å²) in [5, 5.41) is 11.2.